The van der Waals surface area contributed by atoms with Gasteiger partial charge in [0.05, 0.1) is 10.6 Å². The molecule has 0 N–H and O–H groups in total. The second-order valence-corrected chi connectivity index (χ2v) is 13.8. The predicted molar refractivity (Wildman–Crippen MR) is 194 cm³/mol. The number of rotatable bonds is 6. The predicted octanol–water partition coefficient (Wildman–Crippen LogP) is 10.9. The number of fused-ring (bicyclic) bond motifs is 2. The van der Waals surface area contributed by atoms with Crippen LogP contribution in [0.5, 0.6) is 0 Å². The van der Waals surface area contributed by atoms with Gasteiger partial charge < -0.3 is 0 Å². The first kappa shape index (κ1) is 30.0. The SMILES string of the molecule is CC(C)c1cccc(C(C)C)c1N1C(=O)c2ccc3c4cccc5c(Cc6ccc(Cl)cc6[N+](=O)[O-])ccc(c6ccc(c2c36)C1=O)c54. The Labute approximate surface area is 282 Å². The number of nitrogens with zero attached hydrogens (tertiary/aromatic N) is 2. The highest BCUT2D eigenvalue weighted by Crippen LogP contribution is 2.46. The lowest BCUT2D eigenvalue weighted by Gasteiger charge is -2.32. The monoisotopic (exact) mass is 650 g/mol. The second kappa shape index (κ2) is 10.9. The molecule has 0 aromatic heterocycles. The van der Waals surface area contributed by atoms with Crippen molar-refractivity contribution in [3.05, 3.63) is 140 Å². The Balaban J connectivity index is 1.36. The number of para-hydroxylation sites is 1. The minimum Gasteiger partial charge on any atom is -0.268 e. The minimum atomic E-state index is -0.392. The summed E-state index contributed by atoms with van der Waals surface area (Å²) in [5, 5.41) is 19.7. The van der Waals surface area contributed by atoms with Gasteiger partial charge in [0.2, 0.25) is 0 Å². The summed E-state index contributed by atoms with van der Waals surface area (Å²) in [5.41, 5.74) is 5.20. The van der Waals surface area contributed by atoms with Crippen molar-refractivity contribution in [3.8, 4) is 0 Å². The van der Waals surface area contributed by atoms with Crippen molar-refractivity contribution in [2.24, 2.45) is 0 Å². The smallest absolute Gasteiger partial charge is 0.268 e. The van der Waals surface area contributed by atoms with Crippen molar-refractivity contribution in [2.75, 3.05) is 4.90 Å². The molecule has 0 atom stereocenters. The molecule has 0 saturated heterocycles. The summed E-state index contributed by atoms with van der Waals surface area (Å²) in [4.78, 5) is 41.9. The van der Waals surface area contributed by atoms with Gasteiger partial charge in [-0.05, 0) is 84.4 Å². The van der Waals surface area contributed by atoms with E-state index in [9.17, 15) is 19.7 Å². The molecule has 0 bridgehead atoms. The number of amides is 2. The van der Waals surface area contributed by atoms with Crippen LogP contribution in [-0.4, -0.2) is 16.7 Å². The van der Waals surface area contributed by atoms with Gasteiger partial charge in [-0.3, -0.25) is 19.7 Å². The molecule has 0 fully saturated rings. The van der Waals surface area contributed by atoms with Gasteiger partial charge in [0.1, 0.15) is 0 Å². The van der Waals surface area contributed by atoms with Gasteiger partial charge in [0, 0.05) is 39.6 Å². The average molecular weight is 651 g/mol. The summed E-state index contributed by atoms with van der Waals surface area (Å²) in [6.45, 7) is 8.34. The van der Waals surface area contributed by atoms with E-state index in [-0.39, 0.29) is 29.3 Å². The summed E-state index contributed by atoms with van der Waals surface area (Å²) in [7, 11) is 0. The highest BCUT2D eigenvalue weighted by Gasteiger charge is 2.38. The van der Waals surface area contributed by atoms with E-state index in [0.717, 1.165) is 54.4 Å². The van der Waals surface area contributed by atoms with E-state index in [4.69, 9.17) is 11.6 Å². The minimum absolute atomic E-state index is 0.00693. The zero-order valence-electron chi connectivity index (χ0n) is 26.9. The topological polar surface area (TPSA) is 80.5 Å². The first-order valence-corrected chi connectivity index (χ1v) is 16.5. The maximum Gasteiger partial charge on any atom is 0.274 e. The Morgan fingerprint density at radius 1 is 0.646 bits per heavy atom. The quantitative estimate of drug-likeness (QED) is 0.0589. The first-order chi connectivity index (χ1) is 23.1. The fourth-order valence-corrected chi connectivity index (χ4v) is 7.91. The van der Waals surface area contributed by atoms with Crippen molar-refractivity contribution in [3.63, 3.8) is 0 Å². The number of hydrogen-bond donors (Lipinski definition) is 0. The average Bonchev–Trinajstić information content (AvgIpc) is 3.07. The molecule has 7 aromatic rings. The molecule has 0 saturated carbocycles. The van der Waals surface area contributed by atoms with Crippen LogP contribution in [0.2, 0.25) is 5.02 Å². The van der Waals surface area contributed by atoms with Gasteiger partial charge >= 0.3 is 0 Å². The molecule has 2 amide bonds. The van der Waals surface area contributed by atoms with Crippen LogP contribution in [0.3, 0.4) is 0 Å². The van der Waals surface area contributed by atoms with Gasteiger partial charge in [-0.2, -0.15) is 0 Å². The maximum absolute atomic E-state index is 14.5. The lowest BCUT2D eigenvalue weighted by molar-refractivity contribution is -0.385. The number of hydrogen-bond acceptors (Lipinski definition) is 4. The zero-order valence-corrected chi connectivity index (χ0v) is 27.7. The molecule has 6 nitrogen and oxygen atoms in total. The third-order valence-electron chi connectivity index (χ3n) is 9.93. The van der Waals surface area contributed by atoms with Crippen LogP contribution >= 0.6 is 11.6 Å². The van der Waals surface area contributed by atoms with Gasteiger partial charge in [0.15, 0.2) is 0 Å². The van der Waals surface area contributed by atoms with Crippen molar-refractivity contribution in [1.29, 1.82) is 0 Å². The number of halogens is 1. The van der Waals surface area contributed by atoms with Crippen LogP contribution in [0.25, 0.3) is 43.1 Å². The molecular formula is C41H31ClN2O4. The number of benzene rings is 7. The molecule has 7 heteroatoms. The Hall–Kier alpha value is -5.33. The number of imide groups is 1. The molecule has 1 aliphatic heterocycles. The molecule has 0 unspecified atom stereocenters. The molecule has 48 heavy (non-hydrogen) atoms. The highest BCUT2D eigenvalue weighted by atomic mass is 35.5. The number of carbonyl (C=O) groups is 2. The molecule has 236 valence electrons. The highest BCUT2D eigenvalue weighted by molar-refractivity contribution is 6.42. The van der Waals surface area contributed by atoms with Crippen molar-refractivity contribution in [1.82, 2.24) is 0 Å². The van der Waals surface area contributed by atoms with Crippen LogP contribution in [0.4, 0.5) is 11.4 Å². The van der Waals surface area contributed by atoms with Crippen LogP contribution in [0.1, 0.15) is 82.5 Å². The molecule has 8 rings (SSSR count). The van der Waals surface area contributed by atoms with Crippen LogP contribution < -0.4 is 4.90 Å². The van der Waals surface area contributed by atoms with Gasteiger partial charge in [-0.1, -0.05) is 106 Å². The normalized spacial score (nSPS) is 13.4. The van der Waals surface area contributed by atoms with Crippen molar-refractivity contribution in [2.45, 2.75) is 46.0 Å². The molecular weight excluding hydrogens is 620 g/mol. The van der Waals surface area contributed by atoms with E-state index in [2.05, 4.69) is 45.9 Å². The number of nitro benzene ring substituents is 1. The molecule has 0 radical (unpaired) electrons. The molecule has 1 heterocycles. The van der Waals surface area contributed by atoms with Crippen LogP contribution in [-0.2, 0) is 6.42 Å². The van der Waals surface area contributed by atoms with E-state index in [1.807, 2.05) is 54.6 Å². The summed E-state index contributed by atoms with van der Waals surface area (Å²) < 4.78 is 0. The fourth-order valence-electron chi connectivity index (χ4n) is 7.74. The van der Waals surface area contributed by atoms with E-state index in [1.165, 1.54) is 11.0 Å². The summed E-state index contributed by atoms with van der Waals surface area (Å²) >= 11 is 6.10. The summed E-state index contributed by atoms with van der Waals surface area (Å²) in [6.07, 6.45) is 0.364. The van der Waals surface area contributed by atoms with Gasteiger partial charge in [-0.25, -0.2) is 4.90 Å². The van der Waals surface area contributed by atoms with E-state index in [1.54, 1.807) is 12.1 Å². The largest absolute Gasteiger partial charge is 0.274 e. The summed E-state index contributed by atoms with van der Waals surface area (Å²) in [6, 6.07) is 28.8. The van der Waals surface area contributed by atoms with Gasteiger partial charge in [0.25, 0.3) is 17.5 Å². The Morgan fingerprint density at radius 2 is 1.17 bits per heavy atom. The molecule has 7 aromatic carbocycles. The van der Waals surface area contributed by atoms with Crippen molar-refractivity contribution >= 4 is 77.9 Å². The van der Waals surface area contributed by atoms with Crippen LogP contribution in [0, 0.1) is 10.1 Å². The molecule has 1 aliphatic rings. The lowest BCUT2D eigenvalue weighted by atomic mass is 9.83. The first-order valence-electron chi connectivity index (χ1n) is 16.2. The van der Waals surface area contributed by atoms with Crippen molar-refractivity contribution < 1.29 is 14.5 Å². The molecule has 0 spiro atoms. The second-order valence-electron chi connectivity index (χ2n) is 13.3. The van der Waals surface area contributed by atoms with Gasteiger partial charge in [-0.15, -0.1) is 0 Å². The Bertz CT molecular complexity index is 2440. The maximum atomic E-state index is 14.5. The number of anilines is 1. The fraction of sp³-hybridized carbons (Fsp3) is 0.171. The summed E-state index contributed by atoms with van der Waals surface area (Å²) in [5.74, 6) is -0.391. The number of carbonyl (C=O) groups excluding carboxylic acids is 2. The van der Waals surface area contributed by atoms with E-state index < -0.39 is 4.92 Å². The standard InChI is InChI=1S/C41H31ClN2O4/c1-21(2)26-7-5-8-27(22(3)4)39(26)43-40(45)33-17-15-31-29-10-6-9-28-23(19-24-11-13-25(42)20-35(24)44(47)48)12-14-30(36(28)29)32-16-18-34(41(43)46)38(33)37(31)32/h5-18,20-22H,19H2,1-4H3. The Morgan fingerprint density at radius 3 is 1.77 bits per heavy atom. The molecule has 0 aliphatic carbocycles. The lowest BCUT2D eigenvalue weighted by Crippen LogP contribution is -2.41. The zero-order chi connectivity index (χ0) is 33.6. The number of nitro groups is 1. The van der Waals surface area contributed by atoms with E-state index >= 15 is 0 Å². The third kappa shape index (κ3) is 4.25. The van der Waals surface area contributed by atoms with E-state index in [0.29, 0.717) is 39.2 Å². The Kier molecular flexibility index (Phi) is 6.79. The van der Waals surface area contributed by atoms with Crippen LogP contribution in [0.15, 0.2) is 91.0 Å². The third-order valence-corrected chi connectivity index (χ3v) is 10.2.